The molecule has 0 atom stereocenters. The van der Waals surface area contributed by atoms with Gasteiger partial charge < -0.3 is 10.3 Å². The second kappa shape index (κ2) is 5.66. The molecule has 2 rings (SSSR count). The van der Waals surface area contributed by atoms with Crippen LogP contribution in [0.2, 0.25) is 0 Å². The average molecular weight is 234 g/mol. The summed E-state index contributed by atoms with van der Waals surface area (Å²) < 4.78 is 0. The molecule has 0 unspecified atom stereocenters. The standard InChI is InChI=1S/C13H18N2O2/c16-12-9-11(6-8-14-12)13(17)15-7-5-10-3-1-2-4-10/h6,8-10H,1-5,7H2,(H,14,16)(H,15,17). The molecule has 1 aromatic rings. The molecule has 0 aromatic carbocycles. The van der Waals surface area contributed by atoms with Crippen LogP contribution in [-0.4, -0.2) is 17.4 Å². The normalized spacial score (nSPS) is 16.0. The Morgan fingerprint density at radius 2 is 2.18 bits per heavy atom. The predicted molar refractivity (Wildman–Crippen MR) is 66.0 cm³/mol. The molecule has 1 heterocycles. The largest absolute Gasteiger partial charge is 0.352 e. The van der Waals surface area contributed by atoms with Crippen LogP contribution < -0.4 is 10.9 Å². The van der Waals surface area contributed by atoms with Gasteiger partial charge in [-0.15, -0.1) is 0 Å². The molecule has 1 amide bonds. The van der Waals surface area contributed by atoms with E-state index in [0.717, 1.165) is 12.3 Å². The monoisotopic (exact) mass is 234 g/mol. The third kappa shape index (κ3) is 3.44. The lowest BCUT2D eigenvalue weighted by atomic mass is 10.0. The van der Waals surface area contributed by atoms with E-state index in [1.54, 1.807) is 6.07 Å². The Hall–Kier alpha value is -1.58. The molecule has 1 aliphatic rings. The van der Waals surface area contributed by atoms with E-state index in [1.165, 1.54) is 37.9 Å². The molecule has 1 fully saturated rings. The van der Waals surface area contributed by atoms with Crippen LogP contribution in [-0.2, 0) is 0 Å². The molecular formula is C13H18N2O2. The molecule has 92 valence electrons. The van der Waals surface area contributed by atoms with Crippen LogP contribution in [0.3, 0.4) is 0 Å². The van der Waals surface area contributed by atoms with Crippen molar-refractivity contribution < 1.29 is 4.79 Å². The van der Waals surface area contributed by atoms with Gasteiger partial charge in [0.05, 0.1) is 0 Å². The quantitative estimate of drug-likeness (QED) is 0.832. The molecule has 0 spiro atoms. The highest BCUT2D eigenvalue weighted by atomic mass is 16.2. The fourth-order valence-electron chi connectivity index (χ4n) is 2.38. The van der Waals surface area contributed by atoms with Crippen molar-refractivity contribution in [3.05, 3.63) is 34.2 Å². The van der Waals surface area contributed by atoms with E-state index in [-0.39, 0.29) is 11.5 Å². The summed E-state index contributed by atoms with van der Waals surface area (Å²) in [7, 11) is 0. The van der Waals surface area contributed by atoms with Gasteiger partial charge in [0.15, 0.2) is 0 Å². The number of hydrogen-bond donors (Lipinski definition) is 2. The maximum atomic E-state index is 11.7. The highest BCUT2D eigenvalue weighted by molar-refractivity contribution is 5.93. The Labute approximate surface area is 100 Å². The predicted octanol–water partition coefficient (Wildman–Crippen LogP) is 1.68. The van der Waals surface area contributed by atoms with E-state index in [9.17, 15) is 9.59 Å². The summed E-state index contributed by atoms with van der Waals surface area (Å²) >= 11 is 0. The molecule has 17 heavy (non-hydrogen) atoms. The van der Waals surface area contributed by atoms with Crippen molar-refractivity contribution in [2.45, 2.75) is 32.1 Å². The number of hydrogen-bond acceptors (Lipinski definition) is 2. The molecule has 0 aliphatic heterocycles. The van der Waals surface area contributed by atoms with Gasteiger partial charge in [-0.3, -0.25) is 9.59 Å². The lowest BCUT2D eigenvalue weighted by Crippen LogP contribution is -2.26. The first-order valence-corrected chi connectivity index (χ1v) is 6.22. The summed E-state index contributed by atoms with van der Waals surface area (Å²) in [6, 6.07) is 2.94. The Morgan fingerprint density at radius 1 is 1.41 bits per heavy atom. The van der Waals surface area contributed by atoms with Gasteiger partial charge in [0.1, 0.15) is 0 Å². The fourth-order valence-corrected chi connectivity index (χ4v) is 2.38. The summed E-state index contributed by atoms with van der Waals surface area (Å²) in [6.45, 7) is 0.705. The molecule has 1 aliphatic carbocycles. The van der Waals surface area contributed by atoms with Gasteiger partial charge in [0.25, 0.3) is 5.91 Å². The maximum Gasteiger partial charge on any atom is 0.251 e. The van der Waals surface area contributed by atoms with Gasteiger partial charge >= 0.3 is 0 Å². The smallest absolute Gasteiger partial charge is 0.251 e. The number of aromatic amines is 1. The minimum absolute atomic E-state index is 0.158. The minimum atomic E-state index is -0.242. The SMILES string of the molecule is O=C(NCCC1CCCC1)c1cc[nH]c(=O)c1. The first-order chi connectivity index (χ1) is 8.25. The topological polar surface area (TPSA) is 62.0 Å². The van der Waals surface area contributed by atoms with Gasteiger partial charge in [0.2, 0.25) is 5.56 Å². The molecule has 0 saturated heterocycles. The van der Waals surface area contributed by atoms with Crippen LogP contribution in [0, 0.1) is 5.92 Å². The lowest BCUT2D eigenvalue weighted by Gasteiger charge is -2.09. The van der Waals surface area contributed by atoms with Crippen molar-refractivity contribution in [3.8, 4) is 0 Å². The minimum Gasteiger partial charge on any atom is -0.352 e. The van der Waals surface area contributed by atoms with Crippen molar-refractivity contribution in [2.75, 3.05) is 6.54 Å². The highest BCUT2D eigenvalue weighted by Crippen LogP contribution is 2.26. The molecule has 1 aromatic heterocycles. The summed E-state index contributed by atoms with van der Waals surface area (Å²) in [6.07, 6.45) is 7.78. The zero-order chi connectivity index (χ0) is 12.1. The number of nitrogens with one attached hydrogen (secondary N) is 2. The van der Waals surface area contributed by atoms with Crippen LogP contribution in [0.1, 0.15) is 42.5 Å². The maximum absolute atomic E-state index is 11.7. The van der Waals surface area contributed by atoms with Crippen LogP contribution in [0.25, 0.3) is 0 Å². The number of aromatic nitrogens is 1. The molecular weight excluding hydrogens is 216 g/mol. The number of rotatable bonds is 4. The van der Waals surface area contributed by atoms with Crippen LogP contribution >= 0.6 is 0 Å². The first kappa shape index (κ1) is 11.9. The summed E-state index contributed by atoms with van der Waals surface area (Å²) in [5.41, 5.74) is 0.189. The van der Waals surface area contributed by atoms with E-state index in [2.05, 4.69) is 10.3 Å². The van der Waals surface area contributed by atoms with E-state index in [0.29, 0.717) is 12.1 Å². The molecule has 0 bridgehead atoms. The Bertz CT molecular complexity index is 433. The Morgan fingerprint density at radius 3 is 2.88 bits per heavy atom. The van der Waals surface area contributed by atoms with Crippen LogP contribution in [0.15, 0.2) is 23.1 Å². The molecule has 0 radical (unpaired) electrons. The summed E-state index contributed by atoms with van der Waals surface area (Å²) in [5.74, 6) is 0.614. The number of H-pyrrole nitrogens is 1. The van der Waals surface area contributed by atoms with Crippen molar-refractivity contribution in [1.82, 2.24) is 10.3 Å². The van der Waals surface area contributed by atoms with E-state index < -0.39 is 0 Å². The molecule has 2 N–H and O–H groups in total. The first-order valence-electron chi connectivity index (χ1n) is 6.22. The van der Waals surface area contributed by atoms with Crippen molar-refractivity contribution >= 4 is 5.91 Å². The van der Waals surface area contributed by atoms with Crippen molar-refractivity contribution in [2.24, 2.45) is 5.92 Å². The molecule has 4 heteroatoms. The Kier molecular flexibility index (Phi) is 3.96. The number of carbonyl (C=O) groups excluding carboxylic acids is 1. The van der Waals surface area contributed by atoms with Gasteiger partial charge in [-0.05, 0) is 18.4 Å². The number of pyridine rings is 1. The van der Waals surface area contributed by atoms with Crippen LogP contribution in [0.4, 0.5) is 0 Å². The van der Waals surface area contributed by atoms with Gasteiger partial charge in [0, 0.05) is 24.4 Å². The fraction of sp³-hybridized carbons (Fsp3) is 0.538. The molecule has 4 nitrogen and oxygen atoms in total. The van der Waals surface area contributed by atoms with Crippen LogP contribution in [0.5, 0.6) is 0 Å². The zero-order valence-corrected chi connectivity index (χ0v) is 9.87. The van der Waals surface area contributed by atoms with Crippen molar-refractivity contribution in [3.63, 3.8) is 0 Å². The lowest BCUT2D eigenvalue weighted by molar-refractivity contribution is 0.0951. The highest BCUT2D eigenvalue weighted by Gasteiger charge is 2.14. The average Bonchev–Trinajstić information content (AvgIpc) is 2.82. The van der Waals surface area contributed by atoms with Gasteiger partial charge in [-0.25, -0.2) is 0 Å². The zero-order valence-electron chi connectivity index (χ0n) is 9.87. The number of carbonyl (C=O) groups is 1. The third-order valence-corrected chi connectivity index (χ3v) is 3.35. The summed E-state index contributed by atoms with van der Waals surface area (Å²) in [4.78, 5) is 25.2. The summed E-state index contributed by atoms with van der Waals surface area (Å²) in [5, 5.41) is 2.86. The van der Waals surface area contributed by atoms with Gasteiger partial charge in [-0.1, -0.05) is 25.7 Å². The van der Waals surface area contributed by atoms with Crippen molar-refractivity contribution in [1.29, 1.82) is 0 Å². The second-order valence-electron chi connectivity index (χ2n) is 4.64. The molecule has 1 saturated carbocycles. The second-order valence-corrected chi connectivity index (χ2v) is 4.64. The number of amides is 1. The Balaban J connectivity index is 1.79. The van der Waals surface area contributed by atoms with E-state index in [1.807, 2.05) is 0 Å². The van der Waals surface area contributed by atoms with Gasteiger partial charge in [-0.2, -0.15) is 0 Å². The third-order valence-electron chi connectivity index (χ3n) is 3.35. The van der Waals surface area contributed by atoms with E-state index in [4.69, 9.17) is 0 Å². The van der Waals surface area contributed by atoms with E-state index >= 15 is 0 Å².